The fourth-order valence-corrected chi connectivity index (χ4v) is 4.87. The number of carbonyl (C=O) groups excluding carboxylic acids is 2. The molecule has 2 unspecified atom stereocenters. The molecular formula is C27H38F4N6O2. The Balaban J connectivity index is 0.000000409. The van der Waals surface area contributed by atoms with E-state index in [4.69, 9.17) is 5.73 Å². The molecule has 3 N–H and O–H groups in total. The molecule has 2 aliphatic carbocycles. The van der Waals surface area contributed by atoms with E-state index in [1.165, 1.54) is 4.90 Å². The van der Waals surface area contributed by atoms with Crippen LogP contribution in [-0.4, -0.2) is 56.4 Å². The second kappa shape index (κ2) is 12.3. The molecule has 0 radical (unpaired) electrons. The summed E-state index contributed by atoms with van der Waals surface area (Å²) >= 11 is 0. The summed E-state index contributed by atoms with van der Waals surface area (Å²) in [5, 5.41) is 6.88. The molecule has 8 nitrogen and oxygen atoms in total. The number of imidazole rings is 1. The molecule has 2 saturated carbocycles. The highest BCUT2D eigenvalue weighted by Crippen LogP contribution is 2.55. The Hall–Kier alpha value is -3.18. The van der Waals surface area contributed by atoms with Crippen LogP contribution in [0.2, 0.25) is 0 Å². The van der Waals surface area contributed by atoms with Gasteiger partial charge in [0.25, 0.3) is 5.92 Å². The van der Waals surface area contributed by atoms with E-state index in [0.717, 1.165) is 5.69 Å². The highest BCUT2D eigenvalue weighted by atomic mass is 19.3. The van der Waals surface area contributed by atoms with Crippen molar-refractivity contribution in [2.45, 2.75) is 78.2 Å². The SMILES string of the molecule is C/C=C(\C)C(N)=O.CC.O=C1NCC2C(CN1Cc1cnn3cc(CC4CCC(F)(F)CC4)nc3c1)C2(F)F. The first-order valence-electron chi connectivity index (χ1n) is 13.4. The number of hydrogen-bond acceptors (Lipinski definition) is 4. The Morgan fingerprint density at radius 2 is 1.87 bits per heavy atom. The van der Waals surface area contributed by atoms with Crippen LogP contribution in [0, 0.1) is 17.8 Å². The summed E-state index contributed by atoms with van der Waals surface area (Å²) in [5.41, 5.74) is 7.54. The molecule has 3 amide bonds. The topological polar surface area (TPSA) is 106 Å². The monoisotopic (exact) mass is 554 g/mol. The number of aromatic nitrogens is 3. The van der Waals surface area contributed by atoms with Gasteiger partial charge in [0.15, 0.2) is 5.65 Å². The molecule has 2 atom stereocenters. The molecular weight excluding hydrogens is 516 g/mol. The highest BCUT2D eigenvalue weighted by Gasteiger charge is 2.69. The molecule has 0 bridgehead atoms. The van der Waals surface area contributed by atoms with Crippen molar-refractivity contribution in [3.05, 3.63) is 41.4 Å². The number of nitrogens with zero attached hydrogens (tertiary/aromatic N) is 4. The second-order valence-corrected chi connectivity index (χ2v) is 10.2. The van der Waals surface area contributed by atoms with Crippen LogP contribution in [-0.2, 0) is 17.8 Å². The number of nitrogens with one attached hydrogen (secondary N) is 1. The predicted molar refractivity (Wildman–Crippen MR) is 139 cm³/mol. The second-order valence-electron chi connectivity index (χ2n) is 10.2. The summed E-state index contributed by atoms with van der Waals surface area (Å²) in [5.74, 6) is -6.99. The van der Waals surface area contributed by atoms with E-state index in [0.29, 0.717) is 36.0 Å². The van der Waals surface area contributed by atoms with E-state index < -0.39 is 23.7 Å². The minimum absolute atomic E-state index is 0.000994. The van der Waals surface area contributed by atoms with E-state index in [1.54, 1.807) is 42.9 Å². The molecule has 0 spiro atoms. The largest absolute Gasteiger partial charge is 0.366 e. The fourth-order valence-electron chi connectivity index (χ4n) is 4.87. The van der Waals surface area contributed by atoms with Crippen LogP contribution >= 0.6 is 0 Å². The molecule has 3 fully saturated rings. The third-order valence-electron chi connectivity index (χ3n) is 7.50. The first-order valence-corrected chi connectivity index (χ1v) is 13.4. The van der Waals surface area contributed by atoms with Crippen molar-refractivity contribution < 1.29 is 27.2 Å². The summed E-state index contributed by atoms with van der Waals surface area (Å²) in [6.07, 6.45) is 6.51. The minimum Gasteiger partial charge on any atom is -0.366 e. The van der Waals surface area contributed by atoms with E-state index in [9.17, 15) is 27.2 Å². The van der Waals surface area contributed by atoms with Gasteiger partial charge in [0.2, 0.25) is 11.8 Å². The van der Waals surface area contributed by atoms with Crippen molar-refractivity contribution in [3.8, 4) is 0 Å². The van der Waals surface area contributed by atoms with Gasteiger partial charge < -0.3 is 16.0 Å². The van der Waals surface area contributed by atoms with Crippen LogP contribution in [0.25, 0.3) is 5.65 Å². The summed E-state index contributed by atoms with van der Waals surface area (Å²) in [6.45, 7) is 7.65. The molecule has 1 saturated heterocycles. The quantitative estimate of drug-likeness (QED) is 0.402. The summed E-state index contributed by atoms with van der Waals surface area (Å²) < 4.78 is 55.7. The standard InChI is InChI=1S/C20H23F4N5O.C5H9NO.C2H6/c21-19(22)3-1-12(2-4-19)5-14-10-29-17(27-14)6-13(7-26-29)9-28-11-16-15(20(16,23)24)8-25-18(28)30;1-3-4(2)5(6)7;1-2/h6-7,10,12,15-16H,1-5,8-9,11H2,(H,25,30);3H,1-2H3,(H2,6,7);1-2H3/b;4-3+;. The number of halogens is 4. The maximum atomic E-state index is 13.7. The number of primary amides is 1. The number of amides is 3. The first-order chi connectivity index (χ1) is 18.4. The Kier molecular flexibility index (Phi) is 9.60. The smallest absolute Gasteiger partial charge is 0.317 e. The molecule has 2 aromatic rings. The van der Waals surface area contributed by atoms with Gasteiger partial charge in [-0.1, -0.05) is 19.9 Å². The molecule has 1 aliphatic heterocycles. The molecule has 216 valence electrons. The lowest BCUT2D eigenvalue weighted by Crippen LogP contribution is -2.40. The lowest BCUT2D eigenvalue weighted by Gasteiger charge is -2.27. The number of allylic oxidation sites excluding steroid dienone is 1. The van der Waals surface area contributed by atoms with Crippen LogP contribution in [0.1, 0.15) is 64.6 Å². The van der Waals surface area contributed by atoms with Crippen LogP contribution in [0.15, 0.2) is 30.1 Å². The van der Waals surface area contributed by atoms with Crippen molar-refractivity contribution in [1.29, 1.82) is 0 Å². The van der Waals surface area contributed by atoms with Crippen LogP contribution in [0.3, 0.4) is 0 Å². The van der Waals surface area contributed by atoms with Crippen molar-refractivity contribution in [2.24, 2.45) is 23.5 Å². The van der Waals surface area contributed by atoms with Gasteiger partial charge in [-0.15, -0.1) is 0 Å². The van der Waals surface area contributed by atoms with E-state index in [2.05, 4.69) is 15.4 Å². The average molecular weight is 555 g/mol. The lowest BCUT2D eigenvalue weighted by molar-refractivity contribution is -0.114. The zero-order valence-corrected chi connectivity index (χ0v) is 22.9. The van der Waals surface area contributed by atoms with Crippen molar-refractivity contribution >= 4 is 17.6 Å². The zero-order chi connectivity index (χ0) is 29.0. The Morgan fingerprint density at radius 3 is 2.46 bits per heavy atom. The van der Waals surface area contributed by atoms with Gasteiger partial charge in [-0.25, -0.2) is 31.9 Å². The van der Waals surface area contributed by atoms with Gasteiger partial charge in [0, 0.05) is 38.0 Å². The average Bonchev–Trinajstić information content (AvgIpc) is 3.25. The first kappa shape index (κ1) is 30.4. The van der Waals surface area contributed by atoms with E-state index in [-0.39, 0.29) is 50.3 Å². The fraction of sp³-hybridized carbons (Fsp3) is 0.630. The third-order valence-corrected chi connectivity index (χ3v) is 7.50. The van der Waals surface area contributed by atoms with E-state index in [1.807, 2.05) is 13.8 Å². The molecule has 0 aromatic carbocycles. The van der Waals surface area contributed by atoms with Gasteiger partial charge in [-0.3, -0.25) is 4.79 Å². The molecule has 3 heterocycles. The Labute approximate surface area is 226 Å². The molecule has 39 heavy (non-hydrogen) atoms. The number of nitrogens with two attached hydrogens (primary N) is 1. The summed E-state index contributed by atoms with van der Waals surface area (Å²) in [4.78, 5) is 28.2. The molecule has 3 aliphatic rings. The van der Waals surface area contributed by atoms with Gasteiger partial charge in [-0.2, -0.15) is 5.10 Å². The molecule has 2 aromatic heterocycles. The van der Waals surface area contributed by atoms with Gasteiger partial charge in [-0.05, 0) is 50.7 Å². The van der Waals surface area contributed by atoms with Crippen molar-refractivity contribution in [3.63, 3.8) is 0 Å². The minimum atomic E-state index is -2.71. The number of hydrogen-bond donors (Lipinski definition) is 2. The van der Waals surface area contributed by atoms with Crippen molar-refractivity contribution in [1.82, 2.24) is 24.8 Å². The maximum absolute atomic E-state index is 13.7. The summed E-state index contributed by atoms with van der Waals surface area (Å²) in [6, 6.07) is 1.43. The van der Waals surface area contributed by atoms with Crippen molar-refractivity contribution in [2.75, 3.05) is 13.1 Å². The van der Waals surface area contributed by atoms with Crippen LogP contribution < -0.4 is 11.1 Å². The molecule has 12 heteroatoms. The van der Waals surface area contributed by atoms with Gasteiger partial charge in [0.05, 0.1) is 29.9 Å². The van der Waals surface area contributed by atoms with Gasteiger partial charge >= 0.3 is 6.03 Å². The number of urea groups is 1. The van der Waals surface area contributed by atoms with Crippen LogP contribution in [0.5, 0.6) is 0 Å². The number of alkyl halides is 4. The van der Waals surface area contributed by atoms with E-state index >= 15 is 0 Å². The lowest BCUT2D eigenvalue weighted by atomic mass is 9.84. The highest BCUT2D eigenvalue weighted by molar-refractivity contribution is 5.91. The Morgan fingerprint density at radius 1 is 1.21 bits per heavy atom. The third kappa shape index (κ3) is 7.48. The normalized spacial score (nSPS) is 23.8. The maximum Gasteiger partial charge on any atom is 0.317 e. The number of fused-ring (bicyclic) bond motifs is 2. The number of carbonyl (C=O) groups is 2. The Bertz CT molecular complexity index is 1190. The van der Waals surface area contributed by atoms with Crippen LogP contribution in [0.4, 0.5) is 22.4 Å². The van der Waals surface area contributed by atoms with Gasteiger partial charge in [0.1, 0.15) is 0 Å². The number of rotatable bonds is 5. The zero-order valence-electron chi connectivity index (χ0n) is 22.9. The molecule has 5 rings (SSSR count). The summed E-state index contributed by atoms with van der Waals surface area (Å²) in [7, 11) is 0. The predicted octanol–water partition coefficient (Wildman–Crippen LogP) is 4.97.